The van der Waals surface area contributed by atoms with Gasteiger partial charge in [0.2, 0.25) is 11.8 Å². The van der Waals surface area contributed by atoms with Crippen LogP contribution in [0.4, 0.5) is 5.13 Å². The average Bonchev–Trinajstić information content (AvgIpc) is 3.55. The van der Waals surface area contributed by atoms with Crippen LogP contribution in [0.2, 0.25) is 0 Å². The van der Waals surface area contributed by atoms with Crippen molar-refractivity contribution in [2.45, 2.75) is 48.8 Å². The van der Waals surface area contributed by atoms with Gasteiger partial charge < -0.3 is 15.1 Å². The van der Waals surface area contributed by atoms with Gasteiger partial charge in [0.1, 0.15) is 0 Å². The molecule has 2 aliphatic rings. The zero-order valence-electron chi connectivity index (χ0n) is 19.1. The van der Waals surface area contributed by atoms with Crippen LogP contribution in [-0.4, -0.2) is 58.2 Å². The molecule has 1 aliphatic carbocycles. The molecule has 1 saturated carbocycles. The van der Waals surface area contributed by atoms with Gasteiger partial charge in [-0.1, -0.05) is 35.7 Å². The SMILES string of the molecule is C=CC(=O)N1CCN(C(=O)c2cc(Sc3cnc(NC(=O)C4CC4)s3)c(C)cc2C)C[C@H]1C. The molecule has 3 amide bonds. The van der Waals surface area contributed by atoms with E-state index in [-0.39, 0.29) is 29.7 Å². The number of aryl methyl sites for hydroxylation is 2. The summed E-state index contributed by atoms with van der Waals surface area (Å²) in [6, 6.07) is 3.92. The highest BCUT2D eigenvalue weighted by Crippen LogP contribution is 2.38. The molecule has 7 nitrogen and oxygen atoms in total. The van der Waals surface area contributed by atoms with Gasteiger partial charge in [-0.15, -0.1) is 0 Å². The van der Waals surface area contributed by atoms with E-state index in [1.165, 1.54) is 17.4 Å². The first kappa shape index (κ1) is 23.5. The number of rotatable bonds is 6. The number of nitrogens with zero attached hydrogens (tertiary/aromatic N) is 3. The van der Waals surface area contributed by atoms with E-state index in [2.05, 4.69) is 16.9 Å². The molecule has 2 aromatic rings. The van der Waals surface area contributed by atoms with Crippen molar-refractivity contribution < 1.29 is 14.4 Å². The van der Waals surface area contributed by atoms with E-state index in [1.807, 2.05) is 37.8 Å². The van der Waals surface area contributed by atoms with Gasteiger partial charge in [-0.05, 0) is 56.9 Å². The summed E-state index contributed by atoms with van der Waals surface area (Å²) < 4.78 is 0.955. The normalized spacial score (nSPS) is 18.2. The molecule has 1 saturated heterocycles. The molecule has 0 spiro atoms. The van der Waals surface area contributed by atoms with E-state index in [9.17, 15) is 14.4 Å². The van der Waals surface area contributed by atoms with E-state index < -0.39 is 0 Å². The average molecular weight is 485 g/mol. The molecule has 0 bridgehead atoms. The maximum atomic E-state index is 13.4. The van der Waals surface area contributed by atoms with E-state index >= 15 is 0 Å². The number of hydrogen-bond donors (Lipinski definition) is 1. The van der Waals surface area contributed by atoms with Gasteiger partial charge in [0.15, 0.2) is 5.13 Å². The molecule has 1 aromatic carbocycles. The number of benzene rings is 1. The van der Waals surface area contributed by atoms with Crippen LogP contribution in [-0.2, 0) is 9.59 Å². The highest BCUT2D eigenvalue weighted by Gasteiger charge is 2.31. The van der Waals surface area contributed by atoms with Crippen molar-refractivity contribution in [1.82, 2.24) is 14.8 Å². The minimum atomic E-state index is -0.1000. The first-order valence-electron chi connectivity index (χ1n) is 11.0. The monoisotopic (exact) mass is 484 g/mol. The number of thiazole rings is 1. The van der Waals surface area contributed by atoms with Crippen molar-refractivity contribution in [2.75, 3.05) is 25.0 Å². The van der Waals surface area contributed by atoms with Crippen LogP contribution in [0.25, 0.3) is 0 Å². The highest BCUT2D eigenvalue weighted by molar-refractivity contribution is 8.01. The maximum Gasteiger partial charge on any atom is 0.254 e. The Morgan fingerprint density at radius 1 is 1.21 bits per heavy atom. The second kappa shape index (κ2) is 9.69. The van der Waals surface area contributed by atoms with Crippen molar-refractivity contribution in [1.29, 1.82) is 0 Å². The molecule has 174 valence electrons. The van der Waals surface area contributed by atoms with Crippen LogP contribution in [0.3, 0.4) is 0 Å². The second-order valence-electron chi connectivity index (χ2n) is 8.62. The van der Waals surface area contributed by atoms with E-state index in [0.717, 1.165) is 33.1 Å². The Kier molecular flexibility index (Phi) is 6.90. The van der Waals surface area contributed by atoms with Gasteiger partial charge >= 0.3 is 0 Å². The Morgan fingerprint density at radius 2 is 1.97 bits per heavy atom. The lowest BCUT2D eigenvalue weighted by molar-refractivity contribution is -0.129. The molecule has 1 aromatic heterocycles. The molecule has 33 heavy (non-hydrogen) atoms. The number of hydrogen-bond acceptors (Lipinski definition) is 6. The standard InChI is InChI=1S/C24H28N4O3S2/c1-5-20(29)28-9-8-27(13-16(28)4)23(31)18-11-19(15(3)10-14(18)2)32-21-12-25-24(33-21)26-22(30)17-6-7-17/h5,10-12,16-17H,1,6-9,13H2,2-4H3,(H,25,26,30)/t16-/m1/s1. The summed E-state index contributed by atoms with van der Waals surface area (Å²) in [6.07, 6.45) is 4.99. The minimum Gasteiger partial charge on any atom is -0.335 e. The molecule has 1 N–H and O–H groups in total. The van der Waals surface area contributed by atoms with Gasteiger partial charge in [0, 0.05) is 42.1 Å². The number of carbonyl (C=O) groups excluding carboxylic acids is 3. The third-order valence-electron chi connectivity index (χ3n) is 6.00. The van der Waals surface area contributed by atoms with Crippen LogP contribution >= 0.6 is 23.1 Å². The Balaban J connectivity index is 1.47. The smallest absolute Gasteiger partial charge is 0.254 e. The van der Waals surface area contributed by atoms with Gasteiger partial charge in [0.25, 0.3) is 5.91 Å². The van der Waals surface area contributed by atoms with Crippen LogP contribution in [0.1, 0.15) is 41.3 Å². The van der Waals surface area contributed by atoms with Crippen molar-refractivity contribution in [3.05, 3.63) is 47.7 Å². The Hall–Kier alpha value is -2.65. The summed E-state index contributed by atoms with van der Waals surface area (Å²) in [6.45, 7) is 11.0. The molecule has 9 heteroatoms. The molecule has 0 radical (unpaired) electrons. The predicted octanol–water partition coefficient (Wildman–Crippen LogP) is 4.12. The number of aromatic nitrogens is 1. The first-order valence-corrected chi connectivity index (χ1v) is 12.7. The van der Waals surface area contributed by atoms with Crippen LogP contribution in [0, 0.1) is 19.8 Å². The Morgan fingerprint density at radius 3 is 2.64 bits per heavy atom. The fourth-order valence-electron chi connectivity index (χ4n) is 3.96. The minimum absolute atomic E-state index is 0.0198. The lowest BCUT2D eigenvalue weighted by atomic mass is 10.0. The summed E-state index contributed by atoms with van der Waals surface area (Å²) >= 11 is 2.99. The summed E-state index contributed by atoms with van der Waals surface area (Å²) in [5, 5.41) is 3.49. The molecule has 1 atom stereocenters. The summed E-state index contributed by atoms with van der Waals surface area (Å²) in [5.41, 5.74) is 2.69. The predicted molar refractivity (Wildman–Crippen MR) is 131 cm³/mol. The third kappa shape index (κ3) is 5.30. The zero-order chi connectivity index (χ0) is 23.7. The number of piperazine rings is 1. The third-order valence-corrected chi connectivity index (χ3v) is 8.17. The van der Waals surface area contributed by atoms with Gasteiger partial charge in [-0.3, -0.25) is 14.4 Å². The van der Waals surface area contributed by atoms with Gasteiger partial charge in [-0.25, -0.2) is 4.98 Å². The molecule has 1 aliphatic heterocycles. The molecule has 2 heterocycles. The highest BCUT2D eigenvalue weighted by atomic mass is 32.2. The Labute approximate surface area is 202 Å². The molecular weight excluding hydrogens is 456 g/mol. The molecule has 0 unspecified atom stereocenters. The topological polar surface area (TPSA) is 82.6 Å². The fraction of sp³-hybridized carbons (Fsp3) is 0.417. The van der Waals surface area contributed by atoms with Crippen molar-refractivity contribution in [3.8, 4) is 0 Å². The number of amides is 3. The van der Waals surface area contributed by atoms with Crippen LogP contribution in [0.15, 0.2) is 40.1 Å². The van der Waals surface area contributed by atoms with Crippen molar-refractivity contribution in [2.24, 2.45) is 5.92 Å². The van der Waals surface area contributed by atoms with Gasteiger partial charge in [-0.2, -0.15) is 0 Å². The number of anilines is 1. The first-order chi connectivity index (χ1) is 15.8. The largest absolute Gasteiger partial charge is 0.335 e. The molecular formula is C24H28N4O3S2. The maximum absolute atomic E-state index is 13.4. The van der Waals surface area contributed by atoms with E-state index in [0.29, 0.717) is 30.3 Å². The van der Waals surface area contributed by atoms with Gasteiger partial charge in [0.05, 0.1) is 10.4 Å². The van der Waals surface area contributed by atoms with E-state index in [4.69, 9.17) is 0 Å². The fourth-order valence-corrected chi connectivity index (χ4v) is 5.90. The number of nitrogens with one attached hydrogen (secondary N) is 1. The van der Waals surface area contributed by atoms with Crippen molar-refractivity contribution in [3.63, 3.8) is 0 Å². The summed E-state index contributed by atoms with van der Waals surface area (Å²) in [7, 11) is 0. The summed E-state index contributed by atoms with van der Waals surface area (Å²) in [5.74, 6) is 0.0625. The Bertz CT molecular complexity index is 1110. The molecule has 2 fully saturated rings. The van der Waals surface area contributed by atoms with Crippen molar-refractivity contribution >= 4 is 46.0 Å². The zero-order valence-corrected chi connectivity index (χ0v) is 20.7. The summed E-state index contributed by atoms with van der Waals surface area (Å²) in [4.78, 5) is 46.2. The van der Waals surface area contributed by atoms with E-state index in [1.54, 1.807) is 22.9 Å². The van der Waals surface area contributed by atoms with Crippen LogP contribution in [0.5, 0.6) is 0 Å². The quantitative estimate of drug-likeness (QED) is 0.624. The second-order valence-corrected chi connectivity index (χ2v) is 11.0. The number of carbonyl (C=O) groups is 3. The van der Waals surface area contributed by atoms with Crippen LogP contribution < -0.4 is 5.32 Å². The lowest BCUT2D eigenvalue weighted by Crippen LogP contribution is -2.55. The lowest BCUT2D eigenvalue weighted by Gasteiger charge is -2.39. The molecule has 4 rings (SSSR count).